The fourth-order valence-electron chi connectivity index (χ4n) is 5.02. The van der Waals surface area contributed by atoms with Crippen molar-refractivity contribution in [2.75, 3.05) is 40.5 Å². The molecule has 0 bridgehead atoms. The number of ether oxygens (including phenoxy) is 3. The topological polar surface area (TPSA) is 52.9 Å². The van der Waals surface area contributed by atoms with E-state index in [2.05, 4.69) is 59.3 Å². The highest BCUT2D eigenvalue weighted by molar-refractivity contribution is 5.87. The molecule has 0 aliphatic carbocycles. The van der Waals surface area contributed by atoms with Gasteiger partial charge in [0.15, 0.2) is 0 Å². The van der Waals surface area contributed by atoms with Crippen LogP contribution in [0.25, 0.3) is 10.9 Å². The Bertz CT molecular complexity index is 1300. The van der Waals surface area contributed by atoms with Crippen molar-refractivity contribution in [3.8, 4) is 11.5 Å². The van der Waals surface area contributed by atoms with E-state index in [1.165, 1.54) is 5.56 Å². The molecular formula is C30H32N2O4. The predicted molar refractivity (Wildman–Crippen MR) is 141 cm³/mol. The zero-order valence-electron chi connectivity index (χ0n) is 20.9. The van der Waals surface area contributed by atoms with E-state index in [0.717, 1.165) is 28.6 Å². The van der Waals surface area contributed by atoms with Gasteiger partial charge in [-0.3, -0.25) is 4.79 Å². The molecule has 1 amide bonds. The minimum atomic E-state index is -0.161. The highest BCUT2D eigenvalue weighted by Crippen LogP contribution is 2.38. The van der Waals surface area contributed by atoms with Crippen molar-refractivity contribution < 1.29 is 19.0 Å². The summed E-state index contributed by atoms with van der Waals surface area (Å²) in [6.07, 6.45) is 2.57. The van der Waals surface area contributed by atoms with Crippen molar-refractivity contribution in [2.24, 2.45) is 0 Å². The number of nitrogens with zero attached hydrogens (tertiary/aromatic N) is 2. The maximum Gasteiger partial charge on any atom is 0.223 e. The van der Waals surface area contributed by atoms with Gasteiger partial charge in [-0.15, -0.1) is 0 Å². The summed E-state index contributed by atoms with van der Waals surface area (Å²) in [5, 5.41) is 1.15. The third kappa shape index (κ3) is 5.09. The van der Waals surface area contributed by atoms with Gasteiger partial charge >= 0.3 is 0 Å². The van der Waals surface area contributed by atoms with Crippen LogP contribution in [0.15, 0.2) is 79.0 Å². The molecule has 6 nitrogen and oxygen atoms in total. The lowest BCUT2D eigenvalue weighted by Crippen LogP contribution is -2.41. The molecule has 5 rings (SSSR count). The largest absolute Gasteiger partial charge is 0.497 e. The number of aromatic nitrogens is 1. The summed E-state index contributed by atoms with van der Waals surface area (Å²) in [6.45, 7) is 3.18. The zero-order chi connectivity index (χ0) is 24.9. The molecule has 0 saturated carbocycles. The molecule has 2 heterocycles. The first-order chi connectivity index (χ1) is 17.7. The van der Waals surface area contributed by atoms with Gasteiger partial charge in [-0.25, -0.2) is 0 Å². The fourth-order valence-corrected chi connectivity index (χ4v) is 5.02. The van der Waals surface area contributed by atoms with Gasteiger partial charge in [-0.05, 0) is 34.9 Å². The molecule has 1 atom stereocenters. The average Bonchev–Trinajstić information content (AvgIpc) is 3.30. The molecule has 1 aromatic heterocycles. The SMILES string of the molecule is COc1cc(OC)cc([C@@H](CC(=O)N2CCOCC2)c2cn(Cc3ccccc3)c3ccccc23)c1. The van der Waals surface area contributed by atoms with Crippen molar-refractivity contribution in [3.05, 3.63) is 95.7 Å². The van der Waals surface area contributed by atoms with E-state index in [4.69, 9.17) is 14.2 Å². The number of morpholine rings is 1. The lowest BCUT2D eigenvalue weighted by Gasteiger charge is -2.29. The molecular weight excluding hydrogens is 452 g/mol. The van der Waals surface area contributed by atoms with E-state index in [1.54, 1.807) is 14.2 Å². The second-order valence-electron chi connectivity index (χ2n) is 9.11. The van der Waals surface area contributed by atoms with Crippen LogP contribution in [0.3, 0.4) is 0 Å². The summed E-state index contributed by atoms with van der Waals surface area (Å²) in [7, 11) is 3.30. The Morgan fingerprint density at radius 3 is 2.28 bits per heavy atom. The summed E-state index contributed by atoms with van der Waals surface area (Å²) in [4.78, 5) is 15.4. The molecule has 0 unspecified atom stereocenters. The maximum atomic E-state index is 13.5. The van der Waals surface area contributed by atoms with E-state index < -0.39 is 0 Å². The van der Waals surface area contributed by atoms with Gasteiger partial charge < -0.3 is 23.7 Å². The van der Waals surface area contributed by atoms with Crippen LogP contribution in [0.5, 0.6) is 11.5 Å². The number of benzene rings is 3. The molecule has 4 aromatic rings. The van der Waals surface area contributed by atoms with Gasteiger partial charge in [-0.2, -0.15) is 0 Å². The molecule has 0 N–H and O–H groups in total. The van der Waals surface area contributed by atoms with Crippen LogP contribution in [0.4, 0.5) is 0 Å². The Morgan fingerprint density at radius 2 is 1.58 bits per heavy atom. The van der Waals surface area contributed by atoms with Crippen molar-refractivity contribution >= 4 is 16.8 Å². The number of rotatable bonds is 8. The van der Waals surface area contributed by atoms with Crippen LogP contribution < -0.4 is 9.47 Å². The van der Waals surface area contributed by atoms with Crippen molar-refractivity contribution in [3.63, 3.8) is 0 Å². The third-order valence-corrected chi connectivity index (χ3v) is 6.91. The number of carbonyl (C=O) groups excluding carboxylic acids is 1. The Hall–Kier alpha value is -3.77. The number of amides is 1. The molecule has 1 aliphatic rings. The maximum absolute atomic E-state index is 13.5. The number of methoxy groups -OCH3 is 2. The lowest BCUT2D eigenvalue weighted by atomic mass is 9.87. The van der Waals surface area contributed by atoms with E-state index in [9.17, 15) is 4.79 Å². The summed E-state index contributed by atoms with van der Waals surface area (Å²) < 4.78 is 18.9. The van der Waals surface area contributed by atoms with E-state index in [1.807, 2.05) is 29.2 Å². The predicted octanol–water partition coefficient (Wildman–Crippen LogP) is 5.09. The third-order valence-electron chi connectivity index (χ3n) is 6.91. The molecule has 1 fully saturated rings. The van der Waals surface area contributed by atoms with Gasteiger partial charge in [0.25, 0.3) is 0 Å². The van der Waals surface area contributed by atoms with Crippen molar-refractivity contribution in [2.45, 2.75) is 18.9 Å². The van der Waals surface area contributed by atoms with Crippen LogP contribution in [0, 0.1) is 0 Å². The first-order valence-electron chi connectivity index (χ1n) is 12.4. The van der Waals surface area contributed by atoms with E-state index in [-0.39, 0.29) is 11.8 Å². The van der Waals surface area contributed by atoms with Crippen LogP contribution >= 0.6 is 0 Å². The second-order valence-corrected chi connectivity index (χ2v) is 9.11. The monoisotopic (exact) mass is 484 g/mol. The lowest BCUT2D eigenvalue weighted by molar-refractivity contribution is -0.135. The summed E-state index contributed by atoms with van der Waals surface area (Å²) in [5.41, 5.74) is 4.50. The Labute approximate surface area is 212 Å². The first-order valence-corrected chi connectivity index (χ1v) is 12.4. The van der Waals surface area contributed by atoms with Gasteiger partial charge in [0, 0.05) is 55.1 Å². The highest BCUT2D eigenvalue weighted by atomic mass is 16.5. The van der Waals surface area contributed by atoms with Gasteiger partial charge in [-0.1, -0.05) is 48.5 Å². The highest BCUT2D eigenvalue weighted by Gasteiger charge is 2.27. The van der Waals surface area contributed by atoms with Crippen LogP contribution in [0.2, 0.25) is 0 Å². The molecule has 0 radical (unpaired) electrons. The Morgan fingerprint density at radius 1 is 0.917 bits per heavy atom. The van der Waals surface area contributed by atoms with Crippen LogP contribution in [0.1, 0.15) is 29.0 Å². The normalized spacial score (nSPS) is 14.6. The molecule has 3 aromatic carbocycles. The molecule has 1 aliphatic heterocycles. The smallest absolute Gasteiger partial charge is 0.223 e. The molecule has 1 saturated heterocycles. The van der Waals surface area contributed by atoms with Crippen molar-refractivity contribution in [1.82, 2.24) is 9.47 Å². The summed E-state index contributed by atoms with van der Waals surface area (Å²) >= 11 is 0. The summed E-state index contributed by atoms with van der Waals surface area (Å²) in [6, 6.07) is 24.8. The van der Waals surface area contributed by atoms with E-state index >= 15 is 0 Å². The quantitative estimate of drug-likeness (QED) is 0.350. The number of carbonyl (C=O) groups is 1. The number of fused-ring (bicyclic) bond motifs is 1. The first kappa shape index (κ1) is 23.9. The average molecular weight is 485 g/mol. The second kappa shape index (κ2) is 10.9. The molecule has 0 spiro atoms. The molecule has 36 heavy (non-hydrogen) atoms. The standard InChI is InChI=1S/C30H32N2O4/c1-34-24-16-23(17-25(18-24)35-2)27(19-30(33)31-12-14-36-15-13-31)28-21-32(20-22-8-4-3-5-9-22)29-11-7-6-10-26(28)29/h3-11,16-18,21,27H,12-15,19-20H2,1-2H3/t27-/m1/s1. The van der Waals surface area contributed by atoms with Gasteiger partial charge in [0.05, 0.1) is 27.4 Å². The van der Waals surface area contributed by atoms with Crippen LogP contribution in [-0.2, 0) is 16.1 Å². The number of hydrogen-bond donors (Lipinski definition) is 0. The minimum absolute atomic E-state index is 0.130. The fraction of sp³-hybridized carbons (Fsp3) is 0.300. The minimum Gasteiger partial charge on any atom is -0.497 e. The summed E-state index contributed by atoms with van der Waals surface area (Å²) in [5.74, 6) is 1.39. The van der Waals surface area contributed by atoms with Gasteiger partial charge in [0.2, 0.25) is 5.91 Å². The Kier molecular flexibility index (Phi) is 7.23. The van der Waals surface area contributed by atoms with Crippen LogP contribution in [-0.4, -0.2) is 55.9 Å². The van der Waals surface area contributed by atoms with Crippen molar-refractivity contribution in [1.29, 1.82) is 0 Å². The number of para-hydroxylation sites is 1. The zero-order valence-corrected chi connectivity index (χ0v) is 20.9. The molecule has 186 valence electrons. The number of hydrogen-bond acceptors (Lipinski definition) is 4. The van der Waals surface area contributed by atoms with E-state index in [0.29, 0.717) is 44.2 Å². The molecule has 6 heteroatoms. The Balaban J connectivity index is 1.60. The van der Waals surface area contributed by atoms with Gasteiger partial charge in [0.1, 0.15) is 11.5 Å².